The van der Waals surface area contributed by atoms with Crippen molar-refractivity contribution in [3.63, 3.8) is 0 Å². The van der Waals surface area contributed by atoms with Crippen molar-refractivity contribution >= 4 is 11.9 Å². The van der Waals surface area contributed by atoms with Gasteiger partial charge in [-0.2, -0.15) is 0 Å². The summed E-state index contributed by atoms with van der Waals surface area (Å²) in [6.07, 6.45) is 3.15. The maximum absolute atomic E-state index is 11.2. The molecular weight excluding hydrogens is 236 g/mol. The second-order valence-electron chi connectivity index (χ2n) is 4.33. The highest BCUT2D eigenvalue weighted by Gasteiger charge is 2.59. The molecule has 5 nitrogen and oxygen atoms in total. The Morgan fingerprint density at radius 3 is 2.17 bits per heavy atom. The Morgan fingerprint density at radius 1 is 1.39 bits per heavy atom. The molecule has 1 saturated heterocycles. The van der Waals surface area contributed by atoms with E-state index >= 15 is 0 Å². The highest BCUT2D eigenvalue weighted by atomic mass is 16.6. The van der Waals surface area contributed by atoms with Crippen molar-refractivity contribution in [2.75, 3.05) is 6.61 Å². The van der Waals surface area contributed by atoms with Gasteiger partial charge < -0.3 is 14.2 Å². The monoisotopic (exact) mass is 254 g/mol. The molecule has 5 heteroatoms. The Labute approximate surface area is 106 Å². The molecule has 1 atom stereocenters. The average molecular weight is 254 g/mol. The standard InChI is InChI=1S/C9H12O3.C4H6O2/c1-6(2)8(10)12-9(3-4-9)7-5-11-7;1-3-6-4(2)5/h7H,1,3-5H2,2H3;3H,1H2,2H3. The number of esters is 2. The molecule has 0 bridgehead atoms. The molecule has 0 amide bonds. The molecule has 100 valence electrons. The van der Waals surface area contributed by atoms with E-state index in [2.05, 4.69) is 17.9 Å². The maximum Gasteiger partial charge on any atom is 0.333 e. The van der Waals surface area contributed by atoms with Gasteiger partial charge in [0.15, 0.2) is 0 Å². The van der Waals surface area contributed by atoms with Gasteiger partial charge in [-0.25, -0.2) is 4.79 Å². The Hall–Kier alpha value is -1.62. The van der Waals surface area contributed by atoms with Crippen LogP contribution in [0.5, 0.6) is 0 Å². The number of ether oxygens (including phenoxy) is 3. The van der Waals surface area contributed by atoms with Crippen molar-refractivity contribution in [2.45, 2.75) is 38.4 Å². The minimum Gasteiger partial charge on any atom is -0.453 e. The first-order chi connectivity index (χ1) is 8.41. The zero-order chi connectivity index (χ0) is 13.8. The molecule has 0 radical (unpaired) electrons. The fourth-order valence-corrected chi connectivity index (χ4v) is 1.35. The normalized spacial score (nSPS) is 21.8. The second kappa shape index (κ2) is 5.82. The van der Waals surface area contributed by atoms with Crippen LogP contribution in [0.4, 0.5) is 0 Å². The number of carbonyl (C=O) groups is 2. The quantitative estimate of drug-likeness (QED) is 0.331. The van der Waals surface area contributed by atoms with E-state index in [1.807, 2.05) is 0 Å². The Balaban J connectivity index is 0.000000232. The number of hydrogen-bond donors (Lipinski definition) is 0. The topological polar surface area (TPSA) is 65.1 Å². The van der Waals surface area contributed by atoms with Gasteiger partial charge in [-0.1, -0.05) is 13.2 Å². The zero-order valence-electron chi connectivity index (χ0n) is 10.7. The molecule has 2 fully saturated rings. The summed E-state index contributed by atoms with van der Waals surface area (Å²) >= 11 is 0. The molecule has 1 heterocycles. The van der Waals surface area contributed by atoms with Gasteiger partial charge in [0.1, 0.15) is 11.7 Å². The van der Waals surface area contributed by atoms with Crippen LogP contribution < -0.4 is 0 Å². The van der Waals surface area contributed by atoms with E-state index in [1.165, 1.54) is 6.92 Å². The summed E-state index contributed by atoms with van der Waals surface area (Å²) in [6.45, 7) is 10.4. The Morgan fingerprint density at radius 2 is 1.94 bits per heavy atom. The van der Waals surface area contributed by atoms with Gasteiger partial charge in [0.2, 0.25) is 0 Å². The van der Waals surface area contributed by atoms with Crippen LogP contribution in [0.3, 0.4) is 0 Å². The van der Waals surface area contributed by atoms with Crippen molar-refractivity contribution in [3.05, 3.63) is 25.0 Å². The molecule has 0 spiro atoms. The van der Waals surface area contributed by atoms with Crippen LogP contribution >= 0.6 is 0 Å². The van der Waals surface area contributed by atoms with Gasteiger partial charge in [-0.3, -0.25) is 4.79 Å². The Kier molecular flexibility index (Phi) is 4.67. The molecule has 0 aromatic rings. The lowest BCUT2D eigenvalue weighted by molar-refractivity contribution is -0.147. The van der Waals surface area contributed by atoms with Crippen molar-refractivity contribution in [1.82, 2.24) is 0 Å². The molecule has 2 aliphatic rings. The minimum absolute atomic E-state index is 0.167. The lowest BCUT2D eigenvalue weighted by Gasteiger charge is -2.13. The highest BCUT2D eigenvalue weighted by Crippen LogP contribution is 2.48. The second-order valence-corrected chi connectivity index (χ2v) is 4.33. The van der Waals surface area contributed by atoms with Gasteiger partial charge in [-0.05, 0) is 19.8 Å². The van der Waals surface area contributed by atoms with E-state index in [4.69, 9.17) is 9.47 Å². The first kappa shape index (κ1) is 14.4. The predicted octanol–water partition coefficient (Wildman–Crippen LogP) is 1.73. The van der Waals surface area contributed by atoms with Crippen molar-refractivity contribution in [2.24, 2.45) is 0 Å². The van der Waals surface area contributed by atoms with Gasteiger partial charge in [0.05, 0.1) is 12.9 Å². The Bertz CT molecular complexity index is 364. The van der Waals surface area contributed by atoms with Crippen LogP contribution in [-0.2, 0) is 23.8 Å². The summed E-state index contributed by atoms with van der Waals surface area (Å²) in [5.41, 5.74) is 0.192. The average Bonchev–Trinajstić information content (AvgIpc) is 3.13. The molecule has 1 saturated carbocycles. The minimum atomic E-state index is -0.329. The van der Waals surface area contributed by atoms with Crippen LogP contribution in [0.1, 0.15) is 26.7 Å². The van der Waals surface area contributed by atoms with E-state index in [1.54, 1.807) is 6.92 Å². The first-order valence-corrected chi connectivity index (χ1v) is 5.70. The van der Waals surface area contributed by atoms with Gasteiger partial charge >= 0.3 is 11.9 Å². The summed E-state index contributed by atoms with van der Waals surface area (Å²) in [7, 11) is 0. The fourth-order valence-electron chi connectivity index (χ4n) is 1.35. The summed E-state index contributed by atoms with van der Waals surface area (Å²) in [4.78, 5) is 20.9. The maximum atomic E-state index is 11.2. The molecule has 0 N–H and O–H groups in total. The van der Waals surface area contributed by atoms with E-state index < -0.39 is 0 Å². The summed E-state index contributed by atoms with van der Waals surface area (Å²) in [6, 6.07) is 0. The molecule has 1 aliphatic carbocycles. The molecule has 2 rings (SSSR count). The molecule has 1 aliphatic heterocycles. The smallest absolute Gasteiger partial charge is 0.333 e. The molecular formula is C13H18O5. The van der Waals surface area contributed by atoms with E-state index in [0.717, 1.165) is 25.7 Å². The third-order valence-corrected chi connectivity index (χ3v) is 2.56. The highest BCUT2D eigenvalue weighted by molar-refractivity contribution is 5.87. The van der Waals surface area contributed by atoms with Gasteiger partial charge in [0, 0.05) is 12.5 Å². The predicted molar refractivity (Wildman–Crippen MR) is 64.6 cm³/mol. The fraction of sp³-hybridized carbons (Fsp3) is 0.538. The van der Waals surface area contributed by atoms with E-state index in [0.29, 0.717) is 5.57 Å². The molecule has 1 unspecified atom stereocenters. The van der Waals surface area contributed by atoms with Gasteiger partial charge in [-0.15, -0.1) is 0 Å². The van der Waals surface area contributed by atoms with Gasteiger partial charge in [0.25, 0.3) is 0 Å². The summed E-state index contributed by atoms with van der Waals surface area (Å²) in [5, 5.41) is 0. The molecule has 18 heavy (non-hydrogen) atoms. The third kappa shape index (κ3) is 4.33. The van der Waals surface area contributed by atoms with E-state index in [-0.39, 0.29) is 23.6 Å². The van der Waals surface area contributed by atoms with Crippen LogP contribution in [0, 0.1) is 0 Å². The zero-order valence-corrected chi connectivity index (χ0v) is 10.7. The first-order valence-electron chi connectivity index (χ1n) is 5.70. The lowest BCUT2D eigenvalue weighted by atomic mass is 10.2. The van der Waals surface area contributed by atoms with E-state index in [9.17, 15) is 9.59 Å². The largest absolute Gasteiger partial charge is 0.453 e. The number of rotatable bonds is 4. The summed E-state index contributed by atoms with van der Waals surface area (Å²) in [5.74, 6) is -0.618. The summed E-state index contributed by atoms with van der Waals surface area (Å²) < 4.78 is 14.5. The SMILES string of the molecule is C=C(C)C(=O)OC1(C2CO2)CC1.C=COC(C)=O. The molecule has 0 aromatic carbocycles. The third-order valence-electron chi connectivity index (χ3n) is 2.56. The van der Waals surface area contributed by atoms with Crippen molar-refractivity contribution in [3.8, 4) is 0 Å². The molecule has 0 aromatic heterocycles. The van der Waals surface area contributed by atoms with Crippen LogP contribution in [0.15, 0.2) is 25.0 Å². The van der Waals surface area contributed by atoms with Crippen molar-refractivity contribution < 1.29 is 23.8 Å². The number of epoxide rings is 1. The van der Waals surface area contributed by atoms with Crippen LogP contribution in [0.2, 0.25) is 0 Å². The van der Waals surface area contributed by atoms with Crippen LogP contribution in [0.25, 0.3) is 0 Å². The van der Waals surface area contributed by atoms with Crippen molar-refractivity contribution in [1.29, 1.82) is 0 Å². The number of carbonyl (C=O) groups excluding carboxylic acids is 2. The van der Waals surface area contributed by atoms with Crippen LogP contribution in [-0.4, -0.2) is 30.3 Å². The lowest BCUT2D eigenvalue weighted by Crippen LogP contribution is -2.25. The number of hydrogen-bond acceptors (Lipinski definition) is 5.